The molecule has 34 heavy (non-hydrogen) atoms. The largest absolute Gasteiger partial charge is 0.444 e. The molecule has 7 nitrogen and oxygen atoms in total. The van der Waals surface area contributed by atoms with E-state index in [2.05, 4.69) is 31.4 Å². The Kier molecular flexibility index (Phi) is 9.54. The van der Waals surface area contributed by atoms with Gasteiger partial charge >= 0.3 is 6.09 Å². The Morgan fingerprint density at radius 1 is 1.12 bits per heavy atom. The van der Waals surface area contributed by atoms with Crippen molar-refractivity contribution >= 4 is 29.3 Å². The second kappa shape index (κ2) is 11.7. The van der Waals surface area contributed by atoms with Gasteiger partial charge in [0.1, 0.15) is 11.6 Å². The fourth-order valence-electron chi connectivity index (χ4n) is 4.77. The lowest BCUT2D eigenvalue weighted by Crippen LogP contribution is -2.48. The number of para-hydroxylation sites is 2. The third kappa shape index (κ3) is 7.47. The van der Waals surface area contributed by atoms with Crippen LogP contribution in [0.15, 0.2) is 24.3 Å². The smallest absolute Gasteiger partial charge is 0.408 e. The maximum absolute atomic E-state index is 13.4. The molecule has 1 aliphatic rings. The first-order valence-electron chi connectivity index (χ1n) is 12.5. The van der Waals surface area contributed by atoms with Gasteiger partial charge in [-0.2, -0.15) is 0 Å². The van der Waals surface area contributed by atoms with Crippen molar-refractivity contribution in [1.29, 1.82) is 0 Å². The molecule has 0 radical (unpaired) electrons. The third-order valence-corrected chi connectivity index (χ3v) is 6.50. The van der Waals surface area contributed by atoms with Crippen molar-refractivity contribution < 1.29 is 19.1 Å². The highest BCUT2D eigenvalue weighted by Gasteiger charge is 2.36. The summed E-state index contributed by atoms with van der Waals surface area (Å²) in [5, 5.41) is 5.74. The van der Waals surface area contributed by atoms with E-state index < -0.39 is 17.7 Å². The van der Waals surface area contributed by atoms with Gasteiger partial charge in [0.05, 0.1) is 11.4 Å². The van der Waals surface area contributed by atoms with E-state index >= 15 is 0 Å². The zero-order valence-corrected chi connectivity index (χ0v) is 22.1. The predicted molar refractivity (Wildman–Crippen MR) is 137 cm³/mol. The molecule has 1 aromatic rings. The van der Waals surface area contributed by atoms with Gasteiger partial charge in [-0.15, -0.1) is 0 Å². The Morgan fingerprint density at radius 3 is 2.35 bits per heavy atom. The van der Waals surface area contributed by atoms with Crippen LogP contribution in [0.2, 0.25) is 0 Å². The first-order valence-corrected chi connectivity index (χ1v) is 12.5. The summed E-state index contributed by atoms with van der Waals surface area (Å²) in [7, 11) is 0. The van der Waals surface area contributed by atoms with Gasteiger partial charge in [0, 0.05) is 12.5 Å². The van der Waals surface area contributed by atoms with Crippen molar-refractivity contribution in [3.8, 4) is 0 Å². The lowest BCUT2D eigenvalue weighted by molar-refractivity contribution is -0.124. The number of nitrogens with zero attached hydrogens (tertiary/aromatic N) is 1. The first-order chi connectivity index (χ1) is 15.8. The van der Waals surface area contributed by atoms with Gasteiger partial charge in [0.2, 0.25) is 11.8 Å². The van der Waals surface area contributed by atoms with Crippen molar-refractivity contribution in [3.05, 3.63) is 24.3 Å². The summed E-state index contributed by atoms with van der Waals surface area (Å²) in [6.07, 6.45) is 2.46. The number of alkyl carbamates (subject to hydrolysis) is 1. The number of likely N-dealkylation sites (N-methyl/N-ethyl adjacent to an activating group) is 1. The highest BCUT2D eigenvalue weighted by molar-refractivity contribution is 6.03. The van der Waals surface area contributed by atoms with Crippen molar-refractivity contribution in [1.82, 2.24) is 5.32 Å². The van der Waals surface area contributed by atoms with Crippen LogP contribution in [0.3, 0.4) is 0 Å². The summed E-state index contributed by atoms with van der Waals surface area (Å²) >= 11 is 0. The zero-order valence-electron chi connectivity index (χ0n) is 22.1. The number of carbonyl (C=O) groups excluding carboxylic acids is 3. The van der Waals surface area contributed by atoms with Crippen molar-refractivity contribution in [2.45, 2.75) is 86.3 Å². The highest BCUT2D eigenvalue weighted by Crippen LogP contribution is 2.39. The monoisotopic (exact) mass is 473 g/mol. The number of rotatable bonds is 7. The average Bonchev–Trinajstić information content (AvgIpc) is 2.73. The highest BCUT2D eigenvalue weighted by atomic mass is 16.6. The number of hydrogen-bond acceptors (Lipinski definition) is 4. The lowest BCUT2D eigenvalue weighted by atomic mass is 9.70. The minimum atomic E-state index is -0.789. The molecule has 0 spiro atoms. The molecule has 0 saturated heterocycles. The number of anilines is 2. The summed E-state index contributed by atoms with van der Waals surface area (Å²) in [6.45, 7) is 15.8. The van der Waals surface area contributed by atoms with Crippen LogP contribution < -0.4 is 15.5 Å². The predicted octanol–water partition coefficient (Wildman–Crippen LogP) is 5.60. The first kappa shape index (κ1) is 27.7. The van der Waals surface area contributed by atoms with E-state index in [1.54, 1.807) is 32.6 Å². The Morgan fingerprint density at radius 2 is 1.76 bits per heavy atom. The number of nitrogens with one attached hydrogen (secondary N) is 2. The standard InChI is InChI=1S/C27H43N3O4/c1-9-30(25(32)19(5)28-26(33)34-27(6,7)8)23-13-11-10-12-22(23)29-24(31)21-16-18(4)14-15-20(21)17(2)3/h10-13,17-21H,9,14-16H2,1-8H3,(H,28,33)(H,29,31). The molecule has 1 saturated carbocycles. The molecule has 0 aromatic heterocycles. The fourth-order valence-corrected chi connectivity index (χ4v) is 4.77. The number of benzene rings is 1. The molecule has 0 heterocycles. The van der Waals surface area contributed by atoms with E-state index in [0.29, 0.717) is 35.7 Å². The molecule has 4 unspecified atom stereocenters. The Bertz CT molecular complexity index is 862. The van der Waals surface area contributed by atoms with Crippen LogP contribution in [0.4, 0.5) is 16.2 Å². The van der Waals surface area contributed by atoms with Crippen LogP contribution in [0.25, 0.3) is 0 Å². The Balaban J connectivity index is 2.20. The molecule has 1 fully saturated rings. The summed E-state index contributed by atoms with van der Waals surface area (Å²) in [5.74, 6) is 1.00. The maximum atomic E-state index is 13.4. The molecule has 1 aromatic carbocycles. The second-order valence-electron chi connectivity index (χ2n) is 10.9. The van der Waals surface area contributed by atoms with Crippen LogP contribution >= 0.6 is 0 Å². The van der Waals surface area contributed by atoms with Gasteiger partial charge < -0.3 is 20.3 Å². The van der Waals surface area contributed by atoms with Crippen molar-refractivity contribution in [2.24, 2.45) is 23.7 Å². The van der Waals surface area contributed by atoms with Crippen LogP contribution in [0, 0.1) is 23.7 Å². The molecule has 2 N–H and O–H groups in total. The SMILES string of the molecule is CCN(C(=O)C(C)NC(=O)OC(C)(C)C)c1ccccc1NC(=O)C1CC(C)CCC1C(C)C. The van der Waals surface area contributed by atoms with Crippen LogP contribution in [0.5, 0.6) is 0 Å². The molecular weight excluding hydrogens is 430 g/mol. The van der Waals surface area contributed by atoms with E-state index in [4.69, 9.17) is 4.74 Å². The van der Waals surface area contributed by atoms with Crippen molar-refractivity contribution in [3.63, 3.8) is 0 Å². The van der Waals surface area contributed by atoms with E-state index in [1.165, 1.54) is 0 Å². The van der Waals surface area contributed by atoms with Crippen molar-refractivity contribution in [2.75, 3.05) is 16.8 Å². The topological polar surface area (TPSA) is 87.7 Å². The molecule has 2 rings (SSSR count). The molecule has 0 bridgehead atoms. The van der Waals surface area contributed by atoms with Gasteiger partial charge in [-0.25, -0.2) is 4.79 Å². The second-order valence-corrected chi connectivity index (χ2v) is 10.9. The number of carbonyl (C=O) groups is 3. The van der Waals surface area contributed by atoms with Crippen LogP contribution in [0.1, 0.15) is 74.7 Å². The summed E-state index contributed by atoms with van der Waals surface area (Å²) < 4.78 is 5.28. The van der Waals surface area contributed by atoms with E-state index in [9.17, 15) is 14.4 Å². The molecule has 190 valence electrons. The summed E-state index contributed by atoms with van der Waals surface area (Å²) in [5.41, 5.74) is 0.567. The molecule has 3 amide bonds. The van der Waals surface area contributed by atoms with Gasteiger partial charge in [0.15, 0.2) is 0 Å². The van der Waals surface area contributed by atoms with E-state index in [0.717, 1.165) is 19.3 Å². The average molecular weight is 474 g/mol. The zero-order chi connectivity index (χ0) is 25.6. The Labute approximate surface area is 205 Å². The normalized spacial score (nSPS) is 21.5. The minimum absolute atomic E-state index is 0.0149. The quantitative estimate of drug-likeness (QED) is 0.540. The summed E-state index contributed by atoms with van der Waals surface area (Å²) in [6, 6.07) is 6.55. The van der Waals surface area contributed by atoms with Gasteiger partial charge in [-0.3, -0.25) is 9.59 Å². The number of hydrogen-bond donors (Lipinski definition) is 2. The van der Waals surface area contributed by atoms with Gasteiger partial charge in [-0.1, -0.05) is 39.3 Å². The molecule has 4 atom stereocenters. The molecule has 0 aliphatic heterocycles. The number of ether oxygens (including phenoxy) is 1. The minimum Gasteiger partial charge on any atom is -0.444 e. The molecule has 7 heteroatoms. The van der Waals surface area contributed by atoms with Gasteiger partial charge in [-0.05, 0) is 77.3 Å². The summed E-state index contributed by atoms with van der Waals surface area (Å²) in [4.78, 5) is 40.4. The Hall–Kier alpha value is -2.57. The fraction of sp³-hybridized carbons (Fsp3) is 0.667. The maximum Gasteiger partial charge on any atom is 0.408 e. The third-order valence-electron chi connectivity index (χ3n) is 6.50. The van der Waals surface area contributed by atoms with E-state index in [1.807, 2.05) is 31.2 Å². The number of amides is 3. The van der Waals surface area contributed by atoms with Crippen LogP contribution in [-0.2, 0) is 14.3 Å². The lowest BCUT2D eigenvalue weighted by Gasteiger charge is -2.36. The van der Waals surface area contributed by atoms with Crippen LogP contribution in [-0.4, -0.2) is 36.1 Å². The van der Waals surface area contributed by atoms with E-state index in [-0.39, 0.29) is 17.7 Å². The molecular formula is C27H43N3O4. The molecule has 1 aliphatic carbocycles. The van der Waals surface area contributed by atoms with Gasteiger partial charge in [0.25, 0.3) is 0 Å².